The molecule has 29 heavy (non-hydrogen) atoms. The molecular weight excluding hydrogens is 386 g/mol. The van der Waals surface area contributed by atoms with Crippen LogP contribution in [-0.4, -0.2) is 35.7 Å². The van der Waals surface area contributed by atoms with Crippen LogP contribution in [0.2, 0.25) is 0 Å². The second-order valence-corrected chi connectivity index (χ2v) is 8.27. The van der Waals surface area contributed by atoms with E-state index in [1.54, 1.807) is 13.0 Å². The summed E-state index contributed by atoms with van der Waals surface area (Å²) < 4.78 is 0. The molecule has 1 fully saturated rings. The highest BCUT2D eigenvalue weighted by atomic mass is 32.2. The number of carbonyl (C=O) groups is 3. The summed E-state index contributed by atoms with van der Waals surface area (Å²) in [6.07, 6.45) is 0.924. The zero-order valence-corrected chi connectivity index (χ0v) is 17.3. The Hall–Kier alpha value is -2.80. The normalized spacial score (nSPS) is 19.4. The van der Waals surface area contributed by atoms with Crippen molar-refractivity contribution in [2.75, 3.05) is 12.3 Å². The van der Waals surface area contributed by atoms with Crippen LogP contribution in [0.25, 0.3) is 0 Å². The minimum atomic E-state index is -0.994. The Kier molecular flexibility index (Phi) is 6.59. The summed E-state index contributed by atoms with van der Waals surface area (Å²) in [7, 11) is 0. The zero-order chi connectivity index (χ0) is 20.9. The van der Waals surface area contributed by atoms with Crippen molar-refractivity contribution in [2.45, 2.75) is 36.6 Å². The summed E-state index contributed by atoms with van der Waals surface area (Å²) in [5.41, 5.74) is 0.772. The van der Waals surface area contributed by atoms with Gasteiger partial charge in [-0.2, -0.15) is 0 Å². The van der Waals surface area contributed by atoms with Gasteiger partial charge in [0.05, 0.1) is 5.56 Å². The van der Waals surface area contributed by atoms with Crippen molar-refractivity contribution in [1.29, 1.82) is 0 Å². The maximum absolute atomic E-state index is 12.8. The van der Waals surface area contributed by atoms with Crippen LogP contribution in [0.15, 0.2) is 59.5 Å². The Balaban J connectivity index is 1.65. The van der Waals surface area contributed by atoms with Crippen molar-refractivity contribution in [1.82, 2.24) is 16.0 Å². The van der Waals surface area contributed by atoms with Gasteiger partial charge in [-0.25, -0.2) is 4.79 Å². The second kappa shape index (κ2) is 9.13. The lowest BCUT2D eigenvalue weighted by molar-refractivity contribution is -0.122. The third-order valence-electron chi connectivity index (χ3n) is 5.04. The van der Waals surface area contributed by atoms with E-state index in [-0.39, 0.29) is 17.7 Å². The molecule has 0 unspecified atom stereocenters. The monoisotopic (exact) mass is 411 g/mol. The van der Waals surface area contributed by atoms with Gasteiger partial charge in [0.2, 0.25) is 0 Å². The van der Waals surface area contributed by atoms with Crippen molar-refractivity contribution in [3.8, 4) is 0 Å². The van der Waals surface area contributed by atoms with Gasteiger partial charge in [0.1, 0.15) is 5.54 Å². The lowest BCUT2D eigenvalue weighted by Crippen LogP contribution is -2.46. The summed E-state index contributed by atoms with van der Waals surface area (Å²) in [6, 6.07) is 17.0. The van der Waals surface area contributed by atoms with E-state index in [4.69, 9.17) is 0 Å². The Bertz CT molecular complexity index is 903. The summed E-state index contributed by atoms with van der Waals surface area (Å²) >= 11 is 1.38. The number of thioether (sulfide) groups is 1. The molecule has 2 atom stereocenters. The van der Waals surface area contributed by atoms with Crippen LogP contribution in [-0.2, 0) is 4.79 Å². The molecule has 7 heteroatoms. The van der Waals surface area contributed by atoms with Crippen LogP contribution in [0.1, 0.15) is 42.1 Å². The first-order valence-electron chi connectivity index (χ1n) is 9.61. The van der Waals surface area contributed by atoms with Crippen LogP contribution in [0.3, 0.4) is 0 Å². The average Bonchev–Trinajstić information content (AvgIpc) is 2.99. The van der Waals surface area contributed by atoms with Gasteiger partial charge in [-0.15, -0.1) is 11.8 Å². The van der Waals surface area contributed by atoms with Gasteiger partial charge in [0.25, 0.3) is 11.8 Å². The molecular formula is C22H25N3O3S. The first kappa shape index (κ1) is 20.9. The Morgan fingerprint density at radius 2 is 1.79 bits per heavy atom. The summed E-state index contributed by atoms with van der Waals surface area (Å²) in [5, 5.41) is 7.94. The molecule has 1 aliphatic rings. The standard InChI is InChI=1S/C22H25N3O3S/c1-3-15(16-9-5-4-6-10-16)13-23-19(26)17-11-7-8-12-18(17)29-14-22(2)20(27)24-21(28)25-22/h4-12,15H,3,13-14H2,1-2H3,(H,23,26)(H2,24,25,27,28)/t15-,22-/m0/s1. The first-order valence-corrected chi connectivity index (χ1v) is 10.6. The van der Waals surface area contributed by atoms with Crippen molar-refractivity contribution in [3.63, 3.8) is 0 Å². The number of benzene rings is 2. The van der Waals surface area contributed by atoms with E-state index in [0.29, 0.717) is 17.9 Å². The predicted octanol–water partition coefficient (Wildman–Crippen LogP) is 3.30. The zero-order valence-electron chi connectivity index (χ0n) is 16.5. The smallest absolute Gasteiger partial charge is 0.322 e. The van der Waals surface area contributed by atoms with Crippen molar-refractivity contribution >= 4 is 29.6 Å². The molecule has 0 aromatic heterocycles. The molecule has 4 amide bonds. The van der Waals surface area contributed by atoms with E-state index in [1.807, 2.05) is 36.4 Å². The van der Waals surface area contributed by atoms with Gasteiger partial charge >= 0.3 is 6.03 Å². The van der Waals surface area contributed by atoms with Gasteiger partial charge in [-0.3, -0.25) is 14.9 Å². The molecule has 0 aliphatic carbocycles. The predicted molar refractivity (Wildman–Crippen MR) is 114 cm³/mol. The molecule has 1 heterocycles. The van der Waals surface area contributed by atoms with Crippen molar-refractivity contribution in [3.05, 3.63) is 65.7 Å². The highest BCUT2D eigenvalue weighted by molar-refractivity contribution is 7.99. The third kappa shape index (κ3) is 4.98. The van der Waals surface area contributed by atoms with Crippen molar-refractivity contribution < 1.29 is 14.4 Å². The number of hydrogen-bond donors (Lipinski definition) is 3. The van der Waals surface area contributed by atoms with Crippen LogP contribution >= 0.6 is 11.8 Å². The highest BCUT2D eigenvalue weighted by Gasteiger charge is 2.41. The van der Waals surface area contributed by atoms with Crippen LogP contribution in [0.4, 0.5) is 4.79 Å². The Morgan fingerprint density at radius 1 is 1.10 bits per heavy atom. The quantitative estimate of drug-likeness (QED) is 0.459. The van der Waals surface area contributed by atoms with Crippen LogP contribution in [0.5, 0.6) is 0 Å². The van der Waals surface area contributed by atoms with E-state index >= 15 is 0 Å². The van der Waals surface area contributed by atoms with Gasteiger partial charge in [-0.05, 0) is 31.0 Å². The van der Waals surface area contributed by atoms with E-state index in [2.05, 4.69) is 35.0 Å². The molecule has 6 nitrogen and oxygen atoms in total. The molecule has 1 saturated heterocycles. The molecule has 2 aromatic carbocycles. The van der Waals surface area contributed by atoms with Gasteiger partial charge in [0.15, 0.2) is 0 Å². The van der Waals surface area contributed by atoms with E-state index in [0.717, 1.165) is 11.3 Å². The molecule has 2 aromatic rings. The minimum Gasteiger partial charge on any atom is -0.351 e. The molecule has 3 rings (SSSR count). The fourth-order valence-corrected chi connectivity index (χ4v) is 4.36. The van der Waals surface area contributed by atoms with Gasteiger partial charge in [-0.1, -0.05) is 49.4 Å². The van der Waals surface area contributed by atoms with E-state index < -0.39 is 11.6 Å². The number of hydrogen-bond acceptors (Lipinski definition) is 4. The molecule has 152 valence electrons. The second-order valence-electron chi connectivity index (χ2n) is 7.25. The first-order chi connectivity index (χ1) is 13.9. The Labute approximate surface area is 174 Å². The molecule has 0 bridgehead atoms. The number of rotatable bonds is 8. The molecule has 0 radical (unpaired) electrons. The summed E-state index contributed by atoms with van der Waals surface area (Å²) in [5.74, 6) is 0.0746. The number of imide groups is 1. The Morgan fingerprint density at radius 3 is 2.45 bits per heavy atom. The summed E-state index contributed by atoms with van der Waals surface area (Å²) in [4.78, 5) is 37.0. The molecule has 1 aliphatic heterocycles. The molecule has 3 N–H and O–H groups in total. The molecule has 0 spiro atoms. The van der Waals surface area contributed by atoms with Crippen molar-refractivity contribution in [2.24, 2.45) is 0 Å². The van der Waals surface area contributed by atoms with E-state index in [9.17, 15) is 14.4 Å². The van der Waals surface area contributed by atoms with Crippen LogP contribution in [0, 0.1) is 0 Å². The maximum Gasteiger partial charge on any atom is 0.322 e. The fourth-order valence-electron chi connectivity index (χ4n) is 3.22. The topological polar surface area (TPSA) is 87.3 Å². The third-order valence-corrected chi connectivity index (χ3v) is 6.43. The van der Waals surface area contributed by atoms with Gasteiger partial charge in [0, 0.05) is 23.1 Å². The van der Waals surface area contributed by atoms with Gasteiger partial charge < -0.3 is 10.6 Å². The number of nitrogens with one attached hydrogen (secondary N) is 3. The fraction of sp³-hybridized carbons (Fsp3) is 0.318. The maximum atomic E-state index is 12.8. The van der Waals surface area contributed by atoms with Crippen LogP contribution < -0.4 is 16.0 Å². The number of urea groups is 1. The largest absolute Gasteiger partial charge is 0.351 e. The van der Waals surface area contributed by atoms with E-state index in [1.165, 1.54) is 17.3 Å². The number of carbonyl (C=O) groups excluding carboxylic acids is 3. The number of amides is 4. The SMILES string of the molecule is CC[C@@H](CNC(=O)c1ccccc1SC[C@]1(C)NC(=O)NC1=O)c1ccccc1. The minimum absolute atomic E-state index is 0.146. The summed E-state index contributed by atoms with van der Waals surface area (Å²) in [6.45, 7) is 4.33. The lowest BCUT2D eigenvalue weighted by atomic mass is 9.96. The lowest BCUT2D eigenvalue weighted by Gasteiger charge is -2.21. The molecule has 0 saturated carbocycles. The average molecular weight is 412 g/mol. The highest BCUT2D eigenvalue weighted by Crippen LogP contribution is 2.28.